The zero-order valence-corrected chi connectivity index (χ0v) is 11.1. The average Bonchev–Trinajstić information content (AvgIpc) is 3.05. The van der Waals surface area contributed by atoms with Crippen LogP contribution in [0.25, 0.3) is 0 Å². The SMILES string of the molecule is C/C=C1/N=C(c2ccc(N3CCCC3=O)cc2)OC1=O. The Morgan fingerprint density at radius 3 is 2.55 bits per heavy atom. The highest BCUT2D eigenvalue weighted by Crippen LogP contribution is 2.23. The van der Waals surface area contributed by atoms with Crippen LogP contribution in [-0.2, 0) is 14.3 Å². The number of anilines is 1. The van der Waals surface area contributed by atoms with Crippen LogP contribution in [0.15, 0.2) is 41.0 Å². The summed E-state index contributed by atoms with van der Waals surface area (Å²) in [6.45, 7) is 2.50. The molecule has 1 saturated heterocycles. The van der Waals surface area contributed by atoms with E-state index in [0.29, 0.717) is 18.0 Å². The Hall–Kier alpha value is -2.43. The van der Waals surface area contributed by atoms with E-state index in [1.54, 1.807) is 17.9 Å². The first-order valence-electron chi connectivity index (χ1n) is 6.57. The maximum atomic E-state index is 11.7. The monoisotopic (exact) mass is 270 g/mol. The van der Waals surface area contributed by atoms with Gasteiger partial charge < -0.3 is 9.64 Å². The largest absolute Gasteiger partial charge is 0.402 e. The van der Waals surface area contributed by atoms with Crippen molar-refractivity contribution in [3.05, 3.63) is 41.6 Å². The molecule has 102 valence electrons. The van der Waals surface area contributed by atoms with E-state index in [0.717, 1.165) is 24.2 Å². The molecule has 1 amide bonds. The van der Waals surface area contributed by atoms with Crippen molar-refractivity contribution >= 4 is 23.5 Å². The molecule has 1 fully saturated rings. The zero-order chi connectivity index (χ0) is 14.1. The molecule has 1 aromatic carbocycles. The van der Waals surface area contributed by atoms with Gasteiger partial charge in [0.25, 0.3) is 0 Å². The van der Waals surface area contributed by atoms with Gasteiger partial charge in [0, 0.05) is 24.2 Å². The molecule has 2 aliphatic heterocycles. The predicted octanol–water partition coefficient (Wildman–Crippen LogP) is 2.02. The molecule has 2 heterocycles. The van der Waals surface area contributed by atoms with Crippen LogP contribution in [0, 0.1) is 0 Å². The molecule has 0 radical (unpaired) electrons. The number of carbonyl (C=O) groups is 2. The lowest BCUT2D eigenvalue weighted by Crippen LogP contribution is -2.23. The summed E-state index contributed by atoms with van der Waals surface area (Å²) < 4.78 is 5.10. The minimum Gasteiger partial charge on any atom is -0.402 e. The summed E-state index contributed by atoms with van der Waals surface area (Å²) in [5.74, 6) is 0.0299. The number of hydrogen-bond donors (Lipinski definition) is 0. The van der Waals surface area contributed by atoms with Gasteiger partial charge in [-0.3, -0.25) is 4.79 Å². The van der Waals surface area contributed by atoms with E-state index < -0.39 is 5.97 Å². The topological polar surface area (TPSA) is 59.0 Å². The van der Waals surface area contributed by atoms with Crippen LogP contribution in [-0.4, -0.2) is 24.3 Å². The summed E-state index contributed by atoms with van der Waals surface area (Å²) in [5.41, 5.74) is 1.91. The van der Waals surface area contributed by atoms with Crippen LogP contribution in [0.1, 0.15) is 25.3 Å². The number of ether oxygens (including phenoxy) is 1. The number of aliphatic imine (C=N–C) groups is 1. The van der Waals surface area contributed by atoms with Gasteiger partial charge in [0.05, 0.1) is 0 Å². The van der Waals surface area contributed by atoms with Gasteiger partial charge in [-0.1, -0.05) is 6.08 Å². The van der Waals surface area contributed by atoms with Crippen LogP contribution in [0.4, 0.5) is 5.69 Å². The first-order chi connectivity index (χ1) is 9.69. The molecular formula is C15H14N2O3. The number of nitrogens with zero attached hydrogens (tertiary/aromatic N) is 2. The van der Waals surface area contributed by atoms with Crippen molar-refractivity contribution in [2.75, 3.05) is 11.4 Å². The van der Waals surface area contributed by atoms with Gasteiger partial charge in [0.15, 0.2) is 0 Å². The standard InChI is InChI=1S/C15H14N2O3/c1-2-12-15(19)20-14(16-12)10-5-7-11(8-6-10)17-9-3-4-13(17)18/h2,5-8H,3-4,9H2,1H3/b12-2+. The van der Waals surface area contributed by atoms with Crippen molar-refractivity contribution in [1.82, 2.24) is 0 Å². The highest BCUT2D eigenvalue weighted by molar-refractivity contribution is 6.11. The van der Waals surface area contributed by atoms with E-state index in [1.807, 2.05) is 24.3 Å². The molecule has 2 aliphatic rings. The predicted molar refractivity (Wildman–Crippen MR) is 74.4 cm³/mol. The van der Waals surface area contributed by atoms with Crippen LogP contribution in [0.2, 0.25) is 0 Å². The molecule has 20 heavy (non-hydrogen) atoms. The van der Waals surface area contributed by atoms with Crippen molar-refractivity contribution in [3.63, 3.8) is 0 Å². The summed E-state index contributed by atoms with van der Waals surface area (Å²) in [4.78, 5) is 29.0. The second-order valence-corrected chi connectivity index (χ2v) is 4.68. The van der Waals surface area contributed by atoms with Crippen LogP contribution >= 0.6 is 0 Å². The van der Waals surface area contributed by atoms with E-state index in [-0.39, 0.29) is 5.91 Å². The molecule has 0 atom stereocenters. The van der Waals surface area contributed by atoms with Crippen molar-refractivity contribution in [2.24, 2.45) is 4.99 Å². The van der Waals surface area contributed by atoms with Gasteiger partial charge in [-0.05, 0) is 37.6 Å². The van der Waals surface area contributed by atoms with Crippen LogP contribution < -0.4 is 4.90 Å². The Morgan fingerprint density at radius 1 is 1.25 bits per heavy atom. The zero-order valence-electron chi connectivity index (χ0n) is 11.1. The number of allylic oxidation sites excluding steroid dienone is 1. The maximum Gasteiger partial charge on any atom is 0.363 e. The van der Waals surface area contributed by atoms with Crippen LogP contribution in [0.3, 0.4) is 0 Å². The Morgan fingerprint density at radius 2 is 2.00 bits per heavy atom. The fraction of sp³-hybridized carbons (Fsp3) is 0.267. The first-order valence-corrected chi connectivity index (χ1v) is 6.57. The molecule has 0 bridgehead atoms. The van der Waals surface area contributed by atoms with Gasteiger partial charge in [-0.15, -0.1) is 0 Å². The van der Waals surface area contributed by atoms with Crippen molar-refractivity contribution in [2.45, 2.75) is 19.8 Å². The molecule has 0 saturated carbocycles. The molecule has 0 N–H and O–H groups in total. The van der Waals surface area contributed by atoms with Gasteiger partial charge in [-0.25, -0.2) is 9.79 Å². The third-order valence-electron chi connectivity index (χ3n) is 3.39. The summed E-state index contributed by atoms with van der Waals surface area (Å²) >= 11 is 0. The molecule has 0 aromatic heterocycles. The molecule has 0 aliphatic carbocycles. The molecule has 0 unspecified atom stereocenters. The van der Waals surface area contributed by atoms with Crippen molar-refractivity contribution in [3.8, 4) is 0 Å². The number of benzene rings is 1. The Bertz CT molecular complexity index is 629. The van der Waals surface area contributed by atoms with E-state index in [1.165, 1.54) is 0 Å². The van der Waals surface area contributed by atoms with Crippen molar-refractivity contribution in [1.29, 1.82) is 0 Å². The fourth-order valence-corrected chi connectivity index (χ4v) is 2.33. The summed E-state index contributed by atoms with van der Waals surface area (Å²) in [6, 6.07) is 7.32. The second kappa shape index (κ2) is 4.92. The summed E-state index contributed by atoms with van der Waals surface area (Å²) in [6.07, 6.45) is 3.12. The number of rotatable bonds is 2. The molecule has 5 nitrogen and oxygen atoms in total. The average molecular weight is 270 g/mol. The van der Waals surface area contributed by atoms with Crippen LogP contribution in [0.5, 0.6) is 0 Å². The van der Waals surface area contributed by atoms with E-state index in [9.17, 15) is 9.59 Å². The molecule has 5 heteroatoms. The first kappa shape index (κ1) is 12.6. The molecule has 1 aromatic rings. The Labute approximate surface area is 116 Å². The number of esters is 1. The Kier molecular flexibility index (Phi) is 3.10. The minimum absolute atomic E-state index is 0.151. The molecule has 3 rings (SSSR count). The third-order valence-corrected chi connectivity index (χ3v) is 3.39. The van der Waals surface area contributed by atoms with Gasteiger partial charge in [0.2, 0.25) is 11.8 Å². The highest BCUT2D eigenvalue weighted by atomic mass is 16.6. The number of cyclic esters (lactones) is 1. The normalized spacial score (nSPS) is 20.6. The quantitative estimate of drug-likeness (QED) is 0.610. The smallest absolute Gasteiger partial charge is 0.363 e. The summed E-state index contributed by atoms with van der Waals surface area (Å²) in [7, 11) is 0. The second-order valence-electron chi connectivity index (χ2n) is 4.68. The fourth-order valence-electron chi connectivity index (χ4n) is 2.33. The Balaban J connectivity index is 1.84. The number of amides is 1. The highest BCUT2D eigenvalue weighted by Gasteiger charge is 2.24. The van der Waals surface area contributed by atoms with Crippen molar-refractivity contribution < 1.29 is 14.3 Å². The van der Waals surface area contributed by atoms with E-state index >= 15 is 0 Å². The molecule has 0 spiro atoms. The lowest BCUT2D eigenvalue weighted by Gasteiger charge is -2.15. The lowest BCUT2D eigenvalue weighted by molar-refractivity contribution is -0.130. The minimum atomic E-state index is -0.429. The van der Waals surface area contributed by atoms with Gasteiger partial charge in [0.1, 0.15) is 5.70 Å². The third kappa shape index (κ3) is 2.11. The van der Waals surface area contributed by atoms with Gasteiger partial charge in [-0.2, -0.15) is 0 Å². The summed E-state index contributed by atoms with van der Waals surface area (Å²) in [5, 5.41) is 0. The van der Waals surface area contributed by atoms with E-state index in [4.69, 9.17) is 4.74 Å². The van der Waals surface area contributed by atoms with Gasteiger partial charge >= 0.3 is 5.97 Å². The number of hydrogen-bond acceptors (Lipinski definition) is 4. The molecular weight excluding hydrogens is 256 g/mol. The number of carbonyl (C=O) groups excluding carboxylic acids is 2. The van der Waals surface area contributed by atoms with E-state index in [2.05, 4.69) is 4.99 Å². The maximum absolute atomic E-state index is 11.7. The lowest BCUT2D eigenvalue weighted by atomic mass is 10.2.